The molecule has 1 N–H and O–H groups in total. The van der Waals surface area contributed by atoms with Gasteiger partial charge in [0, 0.05) is 13.6 Å². The lowest BCUT2D eigenvalue weighted by atomic mass is 9.79. The highest BCUT2D eigenvalue weighted by Gasteiger charge is 2.41. The van der Waals surface area contributed by atoms with E-state index in [9.17, 15) is 15.2 Å². The first kappa shape index (κ1) is 17.0. The SMILES string of the molecule is CCCC(C#N)(CCC)C(=O)N(C)CC1(O)CCCC1. The van der Waals surface area contributed by atoms with Crippen molar-refractivity contribution < 1.29 is 9.90 Å². The van der Waals surface area contributed by atoms with Crippen LogP contribution in [0.15, 0.2) is 0 Å². The Kier molecular flexibility index (Phi) is 6.01. The van der Waals surface area contributed by atoms with E-state index in [4.69, 9.17) is 0 Å². The molecule has 0 bridgehead atoms. The van der Waals surface area contributed by atoms with Crippen LogP contribution in [0.1, 0.15) is 65.2 Å². The van der Waals surface area contributed by atoms with Gasteiger partial charge in [0.2, 0.25) is 5.91 Å². The highest BCUT2D eigenvalue weighted by Crippen LogP contribution is 2.34. The van der Waals surface area contributed by atoms with E-state index in [0.717, 1.165) is 38.5 Å². The van der Waals surface area contributed by atoms with Crippen LogP contribution in [0.2, 0.25) is 0 Å². The Morgan fingerprint density at radius 2 is 1.80 bits per heavy atom. The maximum atomic E-state index is 12.7. The lowest BCUT2D eigenvalue weighted by Crippen LogP contribution is -2.48. The molecule has 4 nitrogen and oxygen atoms in total. The van der Waals surface area contributed by atoms with E-state index in [1.165, 1.54) is 0 Å². The summed E-state index contributed by atoms with van der Waals surface area (Å²) in [7, 11) is 1.72. The number of carbonyl (C=O) groups excluding carboxylic acids is 1. The number of carbonyl (C=O) groups is 1. The zero-order valence-corrected chi connectivity index (χ0v) is 13.1. The topological polar surface area (TPSA) is 64.3 Å². The summed E-state index contributed by atoms with van der Waals surface area (Å²) in [6.45, 7) is 4.35. The predicted molar refractivity (Wildman–Crippen MR) is 78.9 cm³/mol. The maximum Gasteiger partial charge on any atom is 0.242 e. The van der Waals surface area contributed by atoms with Crippen LogP contribution >= 0.6 is 0 Å². The first-order chi connectivity index (χ1) is 9.43. The van der Waals surface area contributed by atoms with Crippen molar-refractivity contribution in [2.75, 3.05) is 13.6 Å². The smallest absolute Gasteiger partial charge is 0.242 e. The number of likely N-dealkylation sites (N-methyl/N-ethyl adjacent to an activating group) is 1. The van der Waals surface area contributed by atoms with Crippen LogP contribution in [0.5, 0.6) is 0 Å². The van der Waals surface area contributed by atoms with Crippen LogP contribution < -0.4 is 0 Å². The summed E-state index contributed by atoms with van der Waals surface area (Å²) in [5.41, 5.74) is -1.66. The molecule has 0 heterocycles. The number of hydrogen-bond acceptors (Lipinski definition) is 3. The number of rotatable bonds is 7. The summed E-state index contributed by atoms with van der Waals surface area (Å²) < 4.78 is 0. The lowest BCUT2D eigenvalue weighted by molar-refractivity contribution is -0.141. The average Bonchev–Trinajstić information content (AvgIpc) is 2.83. The third-order valence-electron chi connectivity index (χ3n) is 4.39. The fraction of sp³-hybridized carbons (Fsp3) is 0.875. The predicted octanol–water partition coefficient (Wildman–Crippen LogP) is 2.86. The van der Waals surface area contributed by atoms with Gasteiger partial charge in [0.1, 0.15) is 5.41 Å². The van der Waals surface area contributed by atoms with Crippen LogP contribution in [0, 0.1) is 16.7 Å². The van der Waals surface area contributed by atoms with Crippen LogP contribution in [0.25, 0.3) is 0 Å². The molecule has 0 aromatic carbocycles. The Morgan fingerprint density at radius 1 is 1.30 bits per heavy atom. The van der Waals surface area contributed by atoms with Crippen molar-refractivity contribution in [2.24, 2.45) is 5.41 Å². The molecule has 0 atom stereocenters. The highest BCUT2D eigenvalue weighted by molar-refractivity contribution is 5.85. The standard InChI is InChI=1S/C16H28N2O2/c1-4-8-15(12-17,9-5-2)14(19)18(3)13-16(20)10-6-7-11-16/h20H,4-11,13H2,1-3H3. The zero-order chi connectivity index (χ0) is 15.2. The van der Waals surface area contributed by atoms with Gasteiger partial charge in [-0.1, -0.05) is 39.5 Å². The summed E-state index contributed by atoms with van der Waals surface area (Å²) in [5, 5.41) is 20.0. The Balaban J connectivity index is 2.80. The second-order valence-corrected chi connectivity index (χ2v) is 6.29. The molecule has 1 fully saturated rings. The lowest BCUT2D eigenvalue weighted by Gasteiger charge is -2.34. The molecule has 0 aromatic rings. The monoisotopic (exact) mass is 280 g/mol. The van der Waals surface area contributed by atoms with Crippen LogP contribution in [-0.2, 0) is 4.79 Å². The molecule has 0 spiro atoms. The van der Waals surface area contributed by atoms with Gasteiger partial charge in [0.25, 0.3) is 0 Å². The molecule has 1 aliphatic rings. The fourth-order valence-electron chi connectivity index (χ4n) is 3.42. The van der Waals surface area contributed by atoms with E-state index < -0.39 is 11.0 Å². The molecule has 0 radical (unpaired) electrons. The molecule has 114 valence electrons. The summed E-state index contributed by atoms with van der Waals surface area (Å²) >= 11 is 0. The van der Waals surface area contributed by atoms with E-state index in [-0.39, 0.29) is 5.91 Å². The van der Waals surface area contributed by atoms with E-state index >= 15 is 0 Å². The largest absolute Gasteiger partial charge is 0.388 e. The summed E-state index contributed by atoms with van der Waals surface area (Å²) in [5.74, 6) is -0.121. The third kappa shape index (κ3) is 3.73. The number of aliphatic hydroxyl groups is 1. The summed E-state index contributed by atoms with van der Waals surface area (Å²) in [6, 6.07) is 2.26. The molecular weight excluding hydrogens is 252 g/mol. The summed E-state index contributed by atoms with van der Waals surface area (Å²) in [4.78, 5) is 14.3. The molecule has 0 saturated heterocycles. The fourth-order valence-corrected chi connectivity index (χ4v) is 3.42. The minimum atomic E-state index is -0.910. The Morgan fingerprint density at radius 3 is 2.20 bits per heavy atom. The van der Waals surface area contributed by atoms with Gasteiger partial charge in [-0.05, 0) is 25.7 Å². The van der Waals surface area contributed by atoms with Gasteiger partial charge in [0.05, 0.1) is 11.7 Å². The van der Waals surface area contributed by atoms with E-state index in [1.807, 2.05) is 13.8 Å². The molecular formula is C16H28N2O2. The van der Waals surface area contributed by atoms with Crippen molar-refractivity contribution in [2.45, 2.75) is 70.8 Å². The third-order valence-corrected chi connectivity index (χ3v) is 4.39. The van der Waals surface area contributed by atoms with Gasteiger partial charge >= 0.3 is 0 Å². The van der Waals surface area contributed by atoms with E-state index in [2.05, 4.69) is 6.07 Å². The molecule has 1 rings (SSSR count). The Labute approximate surface area is 122 Å². The van der Waals surface area contributed by atoms with E-state index in [0.29, 0.717) is 19.4 Å². The molecule has 1 amide bonds. The number of hydrogen-bond donors (Lipinski definition) is 1. The number of nitriles is 1. The quantitative estimate of drug-likeness (QED) is 0.780. The summed E-state index contributed by atoms with van der Waals surface area (Å²) in [6.07, 6.45) is 6.38. The Bertz CT molecular complexity index is 361. The minimum Gasteiger partial charge on any atom is -0.388 e. The molecule has 0 unspecified atom stereocenters. The zero-order valence-electron chi connectivity index (χ0n) is 13.1. The van der Waals surface area contributed by atoms with E-state index in [1.54, 1.807) is 11.9 Å². The van der Waals surface area contributed by atoms with Gasteiger partial charge in [0.15, 0.2) is 0 Å². The number of amides is 1. The van der Waals surface area contributed by atoms with Crippen molar-refractivity contribution in [3.63, 3.8) is 0 Å². The van der Waals surface area contributed by atoms with Gasteiger partial charge in [-0.25, -0.2) is 0 Å². The number of nitrogens with zero attached hydrogens (tertiary/aromatic N) is 2. The first-order valence-corrected chi connectivity index (χ1v) is 7.82. The minimum absolute atomic E-state index is 0.121. The Hall–Kier alpha value is -1.08. The van der Waals surface area contributed by atoms with Crippen LogP contribution in [0.3, 0.4) is 0 Å². The van der Waals surface area contributed by atoms with Gasteiger partial charge in [-0.2, -0.15) is 5.26 Å². The molecule has 20 heavy (non-hydrogen) atoms. The van der Waals surface area contributed by atoms with Gasteiger partial charge in [-0.3, -0.25) is 4.79 Å². The van der Waals surface area contributed by atoms with Crippen LogP contribution in [0.4, 0.5) is 0 Å². The second-order valence-electron chi connectivity index (χ2n) is 6.29. The molecule has 1 aliphatic carbocycles. The van der Waals surface area contributed by atoms with Crippen molar-refractivity contribution in [3.8, 4) is 6.07 Å². The van der Waals surface area contributed by atoms with Gasteiger partial charge in [-0.15, -0.1) is 0 Å². The van der Waals surface area contributed by atoms with Crippen molar-refractivity contribution in [3.05, 3.63) is 0 Å². The van der Waals surface area contributed by atoms with Crippen molar-refractivity contribution in [1.29, 1.82) is 5.26 Å². The maximum absolute atomic E-state index is 12.7. The molecule has 1 saturated carbocycles. The molecule has 0 aromatic heterocycles. The average molecular weight is 280 g/mol. The normalized spacial score (nSPS) is 17.8. The second kappa shape index (κ2) is 7.08. The van der Waals surface area contributed by atoms with Gasteiger partial charge < -0.3 is 10.0 Å². The first-order valence-electron chi connectivity index (χ1n) is 7.82. The molecule has 4 heteroatoms. The molecule has 0 aliphatic heterocycles. The van der Waals surface area contributed by atoms with Crippen molar-refractivity contribution in [1.82, 2.24) is 4.90 Å². The van der Waals surface area contributed by atoms with Crippen molar-refractivity contribution >= 4 is 5.91 Å². The van der Waals surface area contributed by atoms with Crippen LogP contribution in [-0.4, -0.2) is 35.1 Å². The highest BCUT2D eigenvalue weighted by atomic mass is 16.3.